The van der Waals surface area contributed by atoms with Crippen LogP contribution < -0.4 is 10.6 Å². The summed E-state index contributed by atoms with van der Waals surface area (Å²) in [6.07, 6.45) is -4.95. The lowest BCUT2D eigenvalue weighted by molar-refractivity contribution is -0.132. The van der Waals surface area contributed by atoms with Crippen LogP contribution in [-0.4, -0.2) is 32.3 Å². The Balaban J connectivity index is 2.35. The first-order valence-corrected chi connectivity index (χ1v) is 6.27. The highest BCUT2D eigenvalue weighted by atomic mass is 19.4. The number of benzene rings is 1. The minimum Gasteiger partial charge on any atom is -0.356 e. The molecule has 0 aliphatic rings. The molecular formula is C13H16F5N3. The van der Waals surface area contributed by atoms with Crippen LogP contribution in [0.1, 0.15) is 12.0 Å². The fourth-order valence-electron chi connectivity index (χ4n) is 1.58. The molecule has 0 radical (unpaired) electrons. The molecule has 0 aromatic heterocycles. The molecule has 0 aliphatic heterocycles. The number of nitrogens with one attached hydrogen (secondary N) is 2. The molecule has 0 fully saturated rings. The summed E-state index contributed by atoms with van der Waals surface area (Å²) in [5, 5.41) is 5.26. The van der Waals surface area contributed by atoms with E-state index < -0.39 is 24.2 Å². The topological polar surface area (TPSA) is 36.4 Å². The van der Waals surface area contributed by atoms with Crippen LogP contribution in [0.4, 0.5) is 22.0 Å². The van der Waals surface area contributed by atoms with Gasteiger partial charge in [0.25, 0.3) is 0 Å². The zero-order valence-corrected chi connectivity index (χ0v) is 11.4. The van der Waals surface area contributed by atoms with Crippen molar-refractivity contribution in [1.29, 1.82) is 0 Å². The third-order valence-electron chi connectivity index (χ3n) is 2.63. The van der Waals surface area contributed by atoms with Gasteiger partial charge < -0.3 is 10.6 Å². The number of hydrogen-bond acceptors (Lipinski definition) is 1. The molecule has 0 saturated carbocycles. The summed E-state index contributed by atoms with van der Waals surface area (Å²) < 4.78 is 62.0. The summed E-state index contributed by atoms with van der Waals surface area (Å²) in [5.41, 5.74) is 0.314. The fourth-order valence-corrected chi connectivity index (χ4v) is 1.58. The molecule has 1 aromatic rings. The van der Waals surface area contributed by atoms with Crippen LogP contribution in [0.2, 0.25) is 0 Å². The van der Waals surface area contributed by atoms with E-state index in [4.69, 9.17) is 0 Å². The van der Waals surface area contributed by atoms with Gasteiger partial charge in [0, 0.05) is 26.2 Å². The van der Waals surface area contributed by atoms with Gasteiger partial charge in [0.05, 0.1) is 6.42 Å². The number of aliphatic imine (C=N–C) groups is 1. The first kappa shape index (κ1) is 17.2. The number of halogens is 5. The zero-order valence-electron chi connectivity index (χ0n) is 11.4. The van der Waals surface area contributed by atoms with Crippen LogP contribution in [0.15, 0.2) is 23.2 Å². The minimum atomic E-state index is -4.23. The van der Waals surface area contributed by atoms with Gasteiger partial charge in [-0.25, -0.2) is 8.78 Å². The maximum Gasteiger partial charge on any atom is 0.390 e. The summed E-state index contributed by atoms with van der Waals surface area (Å²) in [5.74, 6) is -1.12. The first-order valence-electron chi connectivity index (χ1n) is 6.27. The molecule has 0 atom stereocenters. The van der Waals surface area contributed by atoms with E-state index in [2.05, 4.69) is 15.6 Å². The second-order valence-corrected chi connectivity index (χ2v) is 4.28. The molecule has 2 N–H and O–H groups in total. The third kappa shape index (κ3) is 6.92. The Morgan fingerprint density at radius 3 is 2.38 bits per heavy atom. The van der Waals surface area contributed by atoms with E-state index in [-0.39, 0.29) is 25.5 Å². The van der Waals surface area contributed by atoms with Crippen molar-refractivity contribution in [3.05, 3.63) is 35.4 Å². The number of alkyl halides is 3. The van der Waals surface area contributed by atoms with E-state index in [1.165, 1.54) is 13.1 Å². The van der Waals surface area contributed by atoms with Gasteiger partial charge in [-0.15, -0.1) is 0 Å². The molecule has 3 nitrogen and oxygen atoms in total. The second kappa shape index (κ2) is 7.80. The zero-order chi connectivity index (χ0) is 15.9. The lowest BCUT2D eigenvalue weighted by Crippen LogP contribution is -2.39. The van der Waals surface area contributed by atoms with Gasteiger partial charge in [0.1, 0.15) is 11.6 Å². The van der Waals surface area contributed by atoms with E-state index in [0.29, 0.717) is 5.56 Å². The Kier molecular flexibility index (Phi) is 6.39. The van der Waals surface area contributed by atoms with E-state index in [0.717, 1.165) is 12.1 Å². The van der Waals surface area contributed by atoms with Gasteiger partial charge in [0.15, 0.2) is 5.96 Å². The number of rotatable bonds is 5. The fraction of sp³-hybridized carbons (Fsp3) is 0.462. The van der Waals surface area contributed by atoms with Gasteiger partial charge in [-0.2, -0.15) is 13.2 Å². The van der Waals surface area contributed by atoms with Gasteiger partial charge in [0.2, 0.25) is 0 Å². The van der Waals surface area contributed by atoms with Crippen LogP contribution in [0, 0.1) is 11.6 Å². The Morgan fingerprint density at radius 2 is 1.81 bits per heavy atom. The first-order chi connectivity index (χ1) is 9.81. The summed E-state index contributed by atoms with van der Waals surface area (Å²) in [7, 11) is 1.42. The third-order valence-corrected chi connectivity index (χ3v) is 2.63. The standard InChI is InChI=1S/C13H16F5N3/c1-19-12(21-7-5-13(16,17)18)20-6-4-9-2-3-10(14)8-11(9)15/h2-3,8H,4-7H2,1H3,(H2,19,20,21). The van der Waals surface area contributed by atoms with Crippen molar-refractivity contribution < 1.29 is 22.0 Å². The van der Waals surface area contributed by atoms with Crippen LogP contribution >= 0.6 is 0 Å². The van der Waals surface area contributed by atoms with Crippen molar-refractivity contribution in [3.8, 4) is 0 Å². The Bertz CT molecular complexity index is 485. The molecule has 0 aliphatic carbocycles. The molecule has 8 heteroatoms. The van der Waals surface area contributed by atoms with Gasteiger partial charge in [-0.3, -0.25) is 4.99 Å². The Hall–Kier alpha value is -1.86. The maximum absolute atomic E-state index is 13.4. The van der Waals surface area contributed by atoms with Crippen molar-refractivity contribution in [1.82, 2.24) is 10.6 Å². The second-order valence-electron chi connectivity index (χ2n) is 4.28. The number of guanidine groups is 1. The lowest BCUT2D eigenvalue weighted by Gasteiger charge is -2.13. The molecule has 118 valence electrons. The molecule has 1 rings (SSSR count). The highest BCUT2D eigenvalue weighted by molar-refractivity contribution is 5.79. The highest BCUT2D eigenvalue weighted by Gasteiger charge is 2.26. The van der Waals surface area contributed by atoms with Crippen molar-refractivity contribution in [2.75, 3.05) is 20.1 Å². The van der Waals surface area contributed by atoms with E-state index >= 15 is 0 Å². The van der Waals surface area contributed by atoms with Gasteiger partial charge >= 0.3 is 6.18 Å². The molecule has 0 unspecified atom stereocenters. The Labute approximate surface area is 119 Å². The lowest BCUT2D eigenvalue weighted by atomic mass is 10.1. The number of nitrogens with zero attached hydrogens (tertiary/aromatic N) is 1. The maximum atomic E-state index is 13.4. The van der Waals surface area contributed by atoms with Crippen molar-refractivity contribution in [2.45, 2.75) is 19.0 Å². The van der Waals surface area contributed by atoms with Gasteiger partial charge in [-0.05, 0) is 18.1 Å². The average Bonchev–Trinajstić information content (AvgIpc) is 2.38. The normalized spacial score (nSPS) is 12.4. The molecule has 0 spiro atoms. The summed E-state index contributed by atoms with van der Waals surface area (Å²) in [6, 6.07) is 3.26. The molecule has 0 amide bonds. The SMILES string of the molecule is CN=C(NCCc1ccc(F)cc1F)NCCC(F)(F)F. The predicted octanol–water partition coefficient (Wildman–Crippen LogP) is 2.62. The summed E-state index contributed by atoms with van der Waals surface area (Å²) >= 11 is 0. The van der Waals surface area contributed by atoms with Crippen LogP contribution in [0.5, 0.6) is 0 Å². The highest BCUT2D eigenvalue weighted by Crippen LogP contribution is 2.18. The van der Waals surface area contributed by atoms with E-state index in [1.54, 1.807) is 0 Å². The van der Waals surface area contributed by atoms with E-state index in [9.17, 15) is 22.0 Å². The molecule has 0 heterocycles. The Morgan fingerprint density at radius 1 is 1.14 bits per heavy atom. The quantitative estimate of drug-likeness (QED) is 0.498. The molecule has 0 saturated heterocycles. The minimum absolute atomic E-state index is 0.196. The van der Waals surface area contributed by atoms with Crippen molar-refractivity contribution >= 4 is 5.96 Å². The van der Waals surface area contributed by atoms with Crippen molar-refractivity contribution in [2.24, 2.45) is 4.99 Å². The molecular weight excluding hydrogens is 293 g/mol. The smallest absolute Gasteiger partial charge is 0.356 e. The average molecular weight is 309 g/mol. The predicted molar refractivity (Wildman–Crippen MR) is 70.1 cm³/mol. The van der Waals surface area contributed by atoms with Crippen molar-refractivity contribution in [3.63, 3.8) is 0 Å². The molecule has 21 heavy (non-hydrogen) atoms. The largest absolute Gasteiger partial charge is 0.390 e. The van der Waals surface area contributed by atoms with Crippen LogP contribution in [0.3, 0.4) is 0 Å². The summed E-state index contributed by atoms with van der Waals surface area (Å²) in [6.45, 7) is -0.0394. The monoisotopic (exact) mass is 309 g/mol. The number of hydrogen-bond donors (Lipinski definition) is 2. The van der Waals surface area contributed by atoms with Crippen LogP contribution in [0.25, 0.3) is 0 Å². The molecule has 0 bridgehead atoms. The summed E-state index contributed by atoms with van der Waals surface area (Å²) in [4.78, 5) is 3.75. The van der Waals surface area contributed by atoms with Crippen LogP contribution in [-0.2, 0) is 6.42 Å². The molecule has 1 aromatic carbocycles. The van der Waals surface area contributed by atoms with Gasteiger partial charge in [-0.1, -0.05) is 6.07 Å². The van der Waals surface area contributed by atoms with E-state index in [1.807, 2.05) is 0 Å².